The smallest absolute Gasteiger partial charge is 0.268 e. The molecule has 6 nitrogen and oxygen atoms in total. The maximum absolute atomic E-state index is 9.84. The monoisotopic (exact) mass is 1040 g/mol. The molecular weight excluding hydrogens is 988 g/mol. The topological polar surface area (TPSA) is 53.7 Å². The van der Waals surface area contributed by atoms with E-state index in [1.165, 1.54) is 0 Å². The van der Waals surface area contributed by atoms with E-state index >= 15 is 0 Å². The summed E-state index contributed by atoms with van der Waals surface area (Å²) in [6.07, 6.45) is 5.30. The molecule has 320 valence electrons. The zero-order chi connectivity index (χ0) is 52.8. The number of anilines is 3. The van der Waals surface area contributed by atoms with Crippen LogP contribution < -0.4 is 9.47 Å². The van der Waals surface area contributed by atoms with Gasteiger partial charge in [-0.25, -0.2) is 4.98 Å². The van der Waals surface area contributed by atoms with Crippen LogP contribution in [0.2, 0.25) is 0 Å². The van der Waals surface area contributed by atoms with Crippen molar-refractivity contribution in [3.8, 4) is 45.5 Å². The van der Waals surface area contributed by atoms with E-state index in [4.69, 9.17) is 18.7 Å². The fourth-order valence-electron chi connectivity index (χ4n) is 8.42. The minimum absolute atomic E-state index is 0. The SMILES string of the molecule is [2H]c1c([2H])c([2H])c(-c2cccc(-c3c([2H])c([2H])c([2H])c([2H])c3[2H])c2-[n+]2[c-]n(-c3[c-]c(N(c4[c-]c5c(cc4)c4ccccc4n5-c4cc(C(C)(C)C)ccn4)c4ccc(C#N)cc4)ccc3)c3ccccc32)c([2H])c1[2H].[Pt]. The second kappa shape index (κ2) is 17.3. The minimum atomic E-state index is -0.582. The Kier molecular flexibility index (Phi) is 8.35. The number of hydrogen-bond donors (Lipinski definition) is 0. The van der Waals surface area contributed by atoms with E-state index in [0.29, 0.717) is 39.3 Å². The van der Waals surface area contributed by atoms with Crippen LogP contribution in [0.15, 0.2) is 200 Å². The molecular formula is C59H42N6Pt-2. The first-order chi connectivity index (χ1) is 36.0. The minimum Gasteiger partial charge on any atom is -0.359 e. The van der Waals surface area contributed by atoms with Gasteiger partial charge in [0.05, 0.1) is 42.1 Å². The van der Waals surface area contributed by atoms with E-state index < -0.39 is 60.4 Å². The van der Waals surface area contributed by atoms with Gasteiger partial charge in [0.2, 0.25) is 0 Å². The van der Waals surface area contributed by atoms with E-state index in [9.17, 15) is 5.26 Å². The average molecular weight is 1040 g/mol. The van der Waals surface area contributed by atoms with E-state index in [1.54, 1.807) is 45.5 Å². The molecule has 0 spiro atoms. The molecule has 0 amide bonds. The van der Waals surface area contributed by atoms with Crippen LogP contribution in [0.4, 0.5) is 17.1 Å². The number of aromatic nitrogens is 4. The van der Waals surface area contributed by atoms with Crippen molar-refractivity contribution < 1.29 is 39.3 Å². The molecule has 3 heterocycles. The predicted octanol–water partition coefficient (Wildman–Crippen LogP) is 13.8. The Labute approximate surface area is 413 Å². The van der Waals surface area contributed by atoms with Gasteiger partial charge in [0.25, 0.3) is 6.33 Å². The van der Waals surface area contributed by atoms with Gasteiger partial charge < -0.3 is 14.0 Å². The van der Waals surface area contributed by atoms with Crippen LogP contribution in [0.5, 0.6) is 0 Å². The number of pyridine rings is 1. The largest absolute Gasteiger partial charge is 0.359 e. The Balaban J connectivity index is 0.00000657. The quantitative estimate of drug-likeness (QED) is 0.113. The van der Waals surface area contributed by atoms with Crippen molar-refractivity contribution in [1.29, 1.82) is 5.26 Å². The number of nitriles is 1. The molecule has 0 aliphatic heterocycles. The zero-order valence-electron chi connectivity index (χ0n) is 45.8. The molecule has 11 aromatic rings. The van der Waals surface area contributed by atoms with E-state index in [1.807, 2.05) is 83.9 Å². The Morgan fingerprint density at radius 1 is 0.667 bits per heavy atom. The van der Waals surface area contributed by atoms with Crippen molar-refractivity contribution in [3.05, 3.63) is 230 Å². The molecule has 0 saturated carbocycles. The number of nitrogens with zero attached hydrogens (tertiary/aromatic N) is 6. The first kappa shape index (κ1) is 31.9. The molecule has 0 fully saturated rings. The second-order valence-corrected chi connectivity index (χ2v) is 16.5. The maximum Gasteiger partial charge on any atom is 0.268 e. The number of imidazole rings is 1. The van der Waals surface area contributed by atoms with Gasteiger partial charge in [-0.3, -0.25) is 4.57 Å². The summed E-state index contributed by atoms with van der Waals surface area (Å²) in [5.74, 6) is 0.742. The molecule has 0 saturated heterocycles. The van der Waals surface area contributed by atoms with Gasteiger partial charge >= 0.3 is 0 Å². The predicted molar refractivity (Wildman–Crippen MR) is 262 cm³/mol. The summed E-state index contributed by atoms with van der Waals surface area (Å²) in [5, 5.41) is 11.8. The van der Waals surface area contributed by atoms with E-state index in [2.05, 4.69) is 74.1 Å². The fourth-order valence-corrected chi connectivity index (χ4v) is 8.42. The molecule has 0 aliphatic carbocycles. The zero-order valence-corrected chi connectivity index (χ0v) is 38.1. The van der Waals surface area contributed by atoms with Crippen LogP contribution in [0.1, 0.15) is 45.6 Å². The van der Waals surface area contributed by atoms with Gasteiger partial charge in [-0.1, -0.05) is 159 Å². The fraction of sp³-hybridized carbons (Fsp3) is 0.0678. The molecule has 11 rings (SSSR count). The number of fused-ring (bicyclic) bond motifs is 4. The van der Waals surface area contributed by atoms with E-state index in [-0.39, 0.29) is 54.4 Å². The second-order valence-electron chi connectivity index (χ2n) is 16.5. The molecule has 8 aromatic carbocycles. The van der Waals surface area contributed by atoms with Crippen molar-refractivity contribution in [2.75, 3.05) is 4.90 Å². The van der Waals surface area contributed by atoms with Gasteiger partial charge in [-0.05, 0) is 86.8 Å². The van der Waals surface area contributed by atoms with Gasteiger partial charge in [0.15, 0.2) is 0 Å². The van der Waals surface area contributed by atoms with E-state index in [0.717, 1.165) is 33.2 Å². The van der Waals surface area contributed by atoms with Crippen LogP contribution in [0, 0.1) is 29.8 Å². The van der Waals surface area contributed by atoms with Crippen molar-refractivity contribution in [2.24, 2.45) is 0 Å². The number of benzene rings is 8. The summed E-state index contributed by atoms with van der Waals surface area (Å²) in [5.41, 5.74) is 6.90. The Hall–Kier alpha value is -7.84. The molecule has 0 radical (unpaired) electrons. The van der Waals surface area contributed by atoms with Crippen LogP contribution in [0.3, 0.4) is 0 Å². The summed E-state index contributed by atoms with van der Waals surface area (Å²) in [6, 6.07) is 45.6. The molecule has 0 N–H and O–H groups in total. The van der Waals surface area contributed by atoms with Gasteiger partial charge in [0, 0.05) is 38.5 Å². The van der Waals surface area contributed by atoms with Crippen LogP contribution in [-0.2, 0) is 26.5 Å². The standard InChI is InChI=1S/C59H42N6.Pt/c1-59(2,3)44-34-35-61-57(36-44)65-53-25-11-10-22-51(53)52-33-32-48(38-56(52)65)64(45-30-28-41(39-60)29-31-45)47-21-14-20-46(37-47)62-40-63(55-27-13-12-26-54(55)62)58-49(42-16-6-4-7-17-42)23-15-24-50(58)43-18-8-5-9-19-43;/h4-36H,1-3H3;/q-2;/i4D,5D,6D,7D,8D,9D,16D,17D,18D,19D;. The maximum atomic E-state index is 9.84. The number of hydrogen-bond acceptors (Lipinski definition) is 3. The Morgan fingerprint density at radius 2 is 1.32 bits per heavy atom. The number of para-hydroxylation sites is 4. The van der Waals surface area contributed by atoms with Crippen LogP contribution >= 0.6 is 0 Å². The molecule has 7 heteroatoms. The summed E-state index contributed by atoms with van der Waals surface area (Å²) < 4.78 is 93.2. The third-order valence-electron chi connectivity index (χ3n) is 11.5. The van der Waals surface area contributed by atoms with Crippen LogP contribution in [0.25, 0.3) is 72.3 Å². The first-order valence-electron chi connectivity index (χ1n) is 26.0. The number of rotatable bonds is 8. The third-order valence-corrected chi connectivity index (χ3v) is 11.5. The summed E-state index contributed by atoms with van der Waals surface area (Å²) >= 11 is 0. The molecule has 0 unspecified atom stereocenters. The first-order valence-corrected chi connectivity index (χ1v) is 21.0. The summed E-state index contributed by atoms with van der Waals surface area (Å²) in [4.78, 5) is 6.88. The normalized spacial score (nSPS) is 13.5. The third kappa shape index (κ3) is 7.48. The van der Waals surface area contributed by atoms with Crippen molar-refractivity contribution in [2.45, 2.75) is 26.2 Å². The molecule has 0 aliphatic rings. The summed E-state index contributed by atoms with van der Waals surface area (Å²) in [7, 11) is 0. The van der Waals surface area contributed by atoms with Gasteiger partial charge in [0.1, 0.15) is 5.82 Å². The van der Waals surface area contributed by atoms with Gasteiger partial charge in [-0.2, -0.15) is 29.5 Å². The Bertz CT molecular complexity index is 4070. The van der Waals surface area contributed by atoms with Crippen molar-refractivity contribution >= 4 is 49.9 Å². The summed E-state index contributed by atoms with van der Waals surface area (Å²) in [6.45, 7) is 6.50. The van der Waals surface area contributed by atoms with Crippen molar-refractivity contribution in [1.82, 2.24) is 14.1 Å². The van der Waals surface area contributed by atoms with Crippen LogP contribution in [-0.4, -0.2) is 14.1 Å². The molecule has 66 heavy (non-hydrogen) atoms. The van der Waals surface area contributed by atoms with Gasteiger partial charge in [-0.15, -0.1) is 23.6 Å². The molecule has 3 aromatic heterocycles. The average Bonchev–Trinajstić information content (AvgIpc) is 3.97. The Morgan fingerprint density at radius 3 is 2.02 bits per heavy atom. The molecule has 0 atom stereocenters. The molecule has 0 bridgehead atoms. The van der Waals surface area contributed by atoms with Crippen molar-refractivity contribution in [3.63, 3.8) is 0 Å².